The summed E-state index contributed by atoms with van der Waals surface area (Å²) in [6.07, 6.45) is 0.394. The minimum absolute atomic E-state index is 0.0796. The summed E-state index contributed by atoms with van der Waals surface area (Å²) in [5.74, 6) is -0.192. The fourth-order valence-electron chi connectivity index (χ4n) is 1.84. The van der Waals surface area contributed by atoms with Gasteiger partial charge in [0.15, 0.2) is 5.78 Å². The molecule has 0 spiro atoms. The van der Waals surface area contributed by atoms with Gasteiger partial charge in [0, 0.05) is 25.9 Å². The van der Waals surface area contributed by atoms with Crippen molar-refractivity contribution in [3.63, 3.8) is 0 Å². The van der Waals surface area contributed by atoms with Crippen molar-refractivity contribution in [1.29, 1.82) is 0 Å². The molecule has 0 saturated heterocycles. The molecule has 1 nitrogen and oxygen atoms in total. The Hall–Kier alpha value is -1.04. The van der Waals surface area contributed by atoms with E-state index in [1.54, 1.807) is 23.5 Å². The Morgan fingerprint density at radius 3 is 2.84 bits per heavy atom. The van der Waals surface area contributed by atoms with Crippen LogP contribution < -0.4 is 0 Å². The van der Waals surface area contributed by atoms with Crippen molar-refractivity contribution < 1.29 is 9.18 Å². The molecule has 96 valence electrons. The molecule has 3 aromatic rings. The average molecular weight is 355 g/mol. The first-order valence-corrected chi connectivity index (χ1v) is 8.06. The van der Waals surface area contributed by atoms with E-state index in [9.17, 15) is 9.18 Å². The summed E-state index contributed by atoms with van der Waals surface area (Å²) < 4.78 is 15.1. The third kappa shape index (κ3) is 2.78. The molecule has 2 aromatic heterocycles. The summed E-state index contributed by atoms with van der Waals surface area (Å²) in [5, 5.41) is 2.75. The van der Waals surface area contributed by atoms with Crippen molar-refractivity contribution in [3.05, 3.63) is 55.8 Å². The first kappa shape index (κ1) is 13.0. The standard InChI is InChI=1S/C14H8BrFOS2/c15-9-5-11(18-7-9)6-12(17)14-4-8-3-10(16)1-2-13(8)19-14/h1-5,7H,6H2. The van der Waals surface area contributed by atoms with E-state index < -0.39 is 0 Å². The minimum atomic E-state index is -0.272. The number of ketones is 1. The topological polar surface area (TPSA) is 17.1 Å². The molecule has 0 fully saturated rings. The lowest BCUT2D eigenvalue weighted by Crippen LogP contribution is -1.98. The molecule has 0 amide bonds. The van der Waals surface area contributed by atoms with Crippen LogP contribution >= 0.6 is 38.6 Å². The second-order valence-corrected chi connectivity index (χ2v) is 7.12. The minimum Gasteiger partial charge on any atom is -0.293 e. The van der Waals surface area contributed by atoms with Crippen LogP contribution in [0.4, 0.5) is 4.39 Å². The molecule has 2 heterocycles. The maximum Gasteiger partial charge on any atom is 0.178 e. The van der Waals surface area contributed by atoms with Crippen molar-refractivity contribution >= 4 is 54.5 Å². The van der Waals surface area contributed by atoms with Gasteiger partial charge < -0.3 is 0 Å². The van der Waals surface area contributed by atoms with Gasteiger partial charge in [0.1, 0.15) is 5.82 Å². The normalized spacial score (nSPS) is 11.1. The van der Waals surface area contributed by atoms with E-state index in [0.717, 1.165) is 19.4 Å². The van der Waals surface area contributed by atoms with Crippen molar-refractivity contribution in [2.75, 3.05) is 0 Å². The van der Waals surface area contributed by atoms with Crippen LogP contribution in [0.5, 0.6) is 0 Å². The first-order valence-electron chi connectivity index (χ1n) is 5.57. The predicted octanol–water partition coefficient (Wildman–Crippen LogP) is 5.29. The quantitative estimate of drug-likeness (QED) is 0.584. The number of hydrogen-bond donors (Lipinski definition) is 0. The number of benzene rings is 1. The molecule has 0 atom stereocenters. The lowest BCUT2D eigenvalue weighted by Gasteiger charge is -1.93. The maximum atomic E-state index is 13.1. The largest absolute Gasteiger partial charge is 0.293 e. The monoisotopic (exact) mass is 354 g/mol. The van der Waals surface area contributed by atoms with Gasteiger partial charge in [-0.2, -0.15) is 0 Å². The van der Waals surface area contributed by atoms with Crippen LogP contribution in [0.1, 0.15) is 14.5 Å². The zero-order chi connectivity index (χ0) is 13.4. The van der Waals surface area contributed by atoms with Crippen LogP contribution in [0.3, 0.4) is 0 Å². The average Bonchev–Trinajstić information content (AvgIpc) is 2.95. The van der Waals surface area contributed by atoms with Gasteiger partial charge >= 0.3 is 0 Å². The number of hydrogen-bond acceptors (Lipinski definition) is 3. The predicted molar refractivity (Wildman–Crippen MR) is 81.8 cm³/mol. The summed E-state index contributed by atoms with van der Waals surface area (Å²) in [6.45, 7) is 0. The van der Waals surface area contributed by atoms with E-state index in [1.165, 1.54) is 23.5 Å². The van der Waals surface area contributed by atoms with Crippen molar-refractivity contribution in [2.45, 2.75) is 6.42 Å². The second-order valence-electron chi connectivity index (χ2n) is 4.12. The molecule has 0 radical (unpaired) electrons. The molecule has 0 saturated carbocycles. The highest BCUT2D eigenvalue weighted by Crippen LogP contribution is 2.28. The van der Waals surface area contributed by atoms with E-state index in [4.69, 9.17) is 0 Å². The Kier molecular flexibility index (Phi) is 3.52. The van der Waals surface area contributed by atoms with Gasteiger partial charge in [-0.3, -0.25) is 4.79 Å². The molecule has 0 aliphatic heterocycles. The molecular formula is C14H8BrFOS2. The summed E-state index contributed by atoms with van der Waals surface area (Å²) >= 11 is 6.35. The molecule has 19 heavy (non-hydrogen) atoms. The Balaban J connectivity index is 1.89. The van der Waals surface area contributed by atoms with E-state index >= 15 is 0 Å². The smallest absolute Gasteiger partial charge is 0.178 e. The summed E-state index contributed by atoms with van der Waals surface area (Å²) in [4.78, 5) is 13.9. The number of halogens is 2. The molecular weight excluding hydrogens is 347 g/mol. The Morgan fingerprint density at radius 1 is 1.26 bits per heavy atom. The Bertz CT molecular complexity index is 760. The van der Waals surface area contributed by atoms with E-state index in [0.29, 0.717) is 11.3 Å². The van der Waals surface area contributed by atoms with Gasteiger partial charge in [0.25, 0.3) is 0 Å². The second kappa shape index (κ2) is 5.15. The van der Waals surface area contributed by atoms with Gasteiger partial charge in [0.05, 0.1) is 4.88 Å². The lowest BCUT2D eigenvalue weighted by atomic mass is 10.2. The summed E-state index contributed by atoms with van der Waals surface area (Å²) in [7, 11) is 0. The van der Waals surface area contributed by atoms with Crippen LogP contribution in [0.25, 0.3) is 10.1 Å². The third-order valence-corrected chi connectivity index (χ3v) is 5.56. The molecule has 0 unspecified atom stereocenters. The van der Waals surface area contributed by atoms with Crippen LogP contribution in [0.15, 0.2) is 40.2 Å². The van der Waals surface area contributed by atoms with Gasteiger partial charge in [-0.1, -0.05) is 0 Å². The van der Waals surface area contributed by atoms with E-state index in [1.807, 2.05) is 11.4 Å². The molecule has 1 aromatic carbocycles. The number of fused-ring (bicyclic) bond motifs is 1. The number of Topliss-reactive ketones (excluding diaryl/α,β-unsaturated/α-hetero) is 1. The van der Waals surface area contributed by atoms with Crippen LogP contribution in [-0.2, 0) is 6.42 Å². The molecule has 3 rings (SSSR count). The zero-order valence-electron chi connectivity index (χ0n) is 9.65. The number of thiophene rings is 2. The van der Waals surface area contributed by atoms with Crippen molar-refractivity contribution in [3.8, 4) is 0 Å². The summed E-state index contributed by atoms with van der Waals surface area (Å²) in [5.41, 5.74) is 0. The van der Waals surface area contributed by atoms with E-state index in [-0.39, 0.29) is 11.6 Å². The molecule has 0 N–H and O–H groups in total. The summed E-state index contributed by atoms with van der Waals surface area (Å²) in [6, 6.07) is 8.32. The number of carbonyl (C=O) groups excluding carboxylic acids is 1. The third-order valence-electron chi connectivity index (χ3n) is 2.71. The fraction of sp³-hybridized carbons (Fsp3) is 0.0714. The van der Waals surface area contributed by atoms with Crippen LogP contribution in [-0.4, -0.2) is 5.78 Å². The first-order chi connectivity index (χ1) is 9.11. The zero-order valence-corrected chi connectivity index (χ0v) is 12.9. The highest BCUT2D eigenvalue weighted by Gasteiger charge is 2.12. The van der Waals surface area contributed by atoms with Crippen molar-refractivity contribution in [2.24, 2.45) is 0 Å². The van der Waals surface area contributed by atoms with Gasteiger partial charge in [0.2, 0.25) is 0 Å². The molecule has 5 heteroatoms. The number of rotatable bonds is 3. The van der Waals surface area contributed by atoms with Crippen LogP contribution in [0.2, 0.25) is 0 Å². The fourth-order valence-corrected chi connectivity index (χ4v) is 4.27. The van der Waals surface area contributed by atoms with Crippen molar-refractivity contribution in [1.82, 2.24) is 0 Å². The highest BCUT2D eigenvalue weighted by molar-refractivity contribution is 9.10. The van der Waals surface area contributed by atoms with Crippen LogP contribution in [0, 0.1) is 5.82 Å². The van der Waals surface area contributed by atoms with E-state index in [2.05, 4.69) is 15.9 Å². The Morgan fingerprint density at radius 2 is 2.11 bits per heavy atom. The molecule has 0 bridgehead atoms. The van der Waals surface area contributed by atoms with Gasteiger partial charge in [-0.05, 0) is 51.6 Å². The van der Waals surface area contributed by atoms with Gasteiger partial charge in [-0.25, -0.2) is 4.39 Å². The lowest BCUT2D eigenvalue weighted by molar-refractivity contribution is 0.0997. The highest BCUT2D eigenvalue weighted by atomic mass is 79.9. The molecule has 0 aliphatic carbocycles. The number of carbonyl (C=O) groups is 1. The maximum absolute atomic E-state index is 13.1. The SMILES string of the molecule is O=C(Cc1cc(Br)cs1)c1cc2cc(F)ccc2s1. The Labute approximate surface area is 125 Å². The molecule has 0 aliphatic rings. The van der Waals surface area contributed by atoms with Gasteiger partial charge in [-0.15, -0.1) is 22.7 Å².